The Hall–Kier alpha value is -1.83. The number of hydrogen-bond donors (Lipinski definition) is 3. The van der Waals surface area contributed by atoms with Crippen molar-refractivity contribution in [2.24, 2.45) is 5.92 Å². The Labute approximate surface area is 135 Å². The lowest BCUT2D eigenvalue weighted by atomic mass is 9.92. The van der Waals surface area contributed by atoms with E-state index < -0.39 is 29.6 Å². The fourth-order valence-corrected chi connectivity index (χ4v) is 3.08. The zero-order valence-corrected chi connectivity index (χ0v) is 13.9. The third-order valence-corrected chi connectivity index (χ3v) is 4.24. The van der Waals surface area contributed by atoms with Gasteiger partial charge < -0.3 is 20.3 Å². The number of nitrogens with zero attached hydrogens (tertiary/aromatic N) is 1. The van der Waals surface area contributed by atoms with Gasteiger partial charge in [0.25, 0.3) is 0 Å². The molecule has 0 saturated carbocycles. The predicted molar refractivity (Wildman–Crippen MR) is 82.2 cm³/mol. The van der Waals surface area contributed by atoms with Gasteiger partial charge in [0.2, 0.25) is 0 Å². The molecule has 1 rings (SSSR count). The van der Waals surface area contributed by atoms with Crippen LogP contribution in [0.4, 0.5) is 4.79 Å². The molecule has 1 heterocycles. The Morgan fingerprint density at radius 1 is 1.30 bits per heavy atom. The molecule has 3 N–H and O–H groups in total. The summed E-state index contributed by atoms with van der Waals surface area (Å²) in [5, 5.41) is 21.8. The number of hydrogen-bond acceptors (Lipinski definition) is 5. The number of rotatable bonds is 8. The first kappa shape index (κ1) is 19.2. The van der Waals surface area contributed by atoms with E-state index in [1.807, 2.05) is 13.8 Å². The SMILES string of the molecule is COC(=O)[C@@H](CC(C)C)NCC[C@]1(C(=O)O)CCCN1C(=O)O. The molecule has 0 aromatic rings. The molecule has 23 heavy (non-hydrogen) atoms. The zero-order valence-electron chi connectivity index (χ0n) is 13.9. The van der Waals surface area contributed by atoms with Crippen molar-refractivity contribution >= 4 is 18.0 Å². The maximum absolute atomic E-state index is 11.8. The molecule has 2 atom stereocenters. The number of amides is 1. The molecule has 1 aliphatic heterocycles. The number of esters is 1. The van der Waals surface area contributed by atoms with E-state index in [9.17, 15) is 24.6 Å². The molecule has 1 saturated heterocycles. The van der Waals surface area contributed by atoms with Gasteiger partial charge in [-0.05, 0) is 38.1 Å². The van der Waals surface area contributed by atoms with Gasteiger partial charge in [0.05, 0.1) is 7.11 Å². The van der Waals surface area contributed by atoms with E-state index >= 15 is 0 Å². The van der Waals surface area contributed by atoms with Crippen molar-refractivity contribution in [3.63, 3.8) is 0 Å². The van der Waals surface area contributed by atoms with Gasteiger partial charge in [0.1, 0.15) is 11.6 Å². The van der Waals surface area contributed by atoms with E-state index in [2.05, 4.69) is 5.32 Å². The summed E-state index contributed by atoms with van der Waals surface area (Å²) in [5.74, 6) is -1.27. The highest BCUT2D eigenvalue weighted by molar-refractivity contribution is 5.84. The number of aliphatic carboxylic acids is 1. The topological polar surface area (TPSA) is 116 Å². The van der Waals surface area contributed by atoms with Crippen LogP contribution in [0.1, 0.15) is 39.5 Å². The quantitative estimate of drug-likeness (QED) is 0.572. The first-order valence-corrected chi connectivity index (χ1v) is 7.79. The molecule has 0 aromatic heterocycles. The summed E-state index contributed by atoms with van der Waals surface area (Å²) in [7, 11) is 1.30. The molecule has 0 aromatic carbocycles. The average Bonchev–Trinajstić information content (AvgIpc) is 2.90. The lowest BCUT2D eigenvalue weighted by Crippen LogP contribution is -2.54. The maximum atomic E-state index is 11.8. The maximum Gasteiger partial charge on any atom is 0.408 e. The van der Waals surface area contributed by atoms with E-state index in [4.69, 9.17) is 4.74 Å². The minimum absolute atomic E-state index is 0.111. The first-order chi connectivity index (χ1) is 10.7. The number of carbonyl (C=O) groups excluding carboxylic acids is 1. The summed E-state index contributed by atoms with van der Waals surface area (Å²) in [6.07, 6.45) is 0.251. The molecule has 0 unspecified atom stereocenters. The summed E-state index contributed by atoms with van der Waals surface area (Å²) >= 11 is 0. The van der Waals surface area contributed by atoms with Crippen molar-refractivity contribution < 1.29 is 29.3 Å². The molecule has 1 fully saturated rings. The second kappa shape index (κ2) is 8.14. The average molecular weight is 330 g/mol. The molecule has 132 valence electrons. The number of nitrogens with one attached hydrogen (secondary N) is 1. The highest BCUT2D eigenvalue weighted by Crippen LogP contribution is 2.32. The molecule has 0 aliphatic carbocycles. The summed E-state index contributed by atoms with van der Waals surface area (Å²) in [6, 6.07) is -0.523. The molecule has 0 radical (unpaired) electrons. The number of methoxy groups -OCH3 is 1. The number of carboxylic acid groups (broad SMARTS) is 2. The lowest BCUT2D eigenvalue weighted by Gasteiger charge is -2.33. The van der Waals surface area contributed by atoms with Crippen molar-refractivity contribution in [3.05, 3.63) is 0 Å². The van der Waals surface area contributed by atoms with Gasteiger partial charge in [-0.1, -0.05) is 13.8 Å². The smallest absolute Gasteiger partial charge is 0.408 e. The van der Waals surface area contributed by atoms with Crippen LogP contribution >= 0.6 is 0 Å². The van der Waals surface area contributed by atoms with Gasteiger partial charge in [0.15, 0.2) is 0 Å². The van der Waals surface area contributed by atoms with Crippen molar-refractivity contribution in [3.8, 4) is 0 Å². The molecular formula is C15H26N2O6. The largest absolute Gasteiger partial charge is 0.479 e. The summed E-state index contributed by atoms with van der Waals surface area (Å²) in [4.78, 5) is 35.7. The lowest BCUT2D eigenvalue weighted by molar-refractivity contribution is -0.149. The van der Waals surface area contributed by atoms with Crippen LogP contribution in [0, 0.1) is 5.92 Å². The summed E-state index contributed by atoms with van der Waals surface area (Å²) in [6.45, 7) is 4.38. The van der Waals surface area contributed by atoms with Crippen LogP contribution in [0.5, 0.6) is 0 Å². The normalized spacial score (nSPS) is 22.2. The monoisotopic (exact) mass is 330 g/mol. The van der Waals surface area contributed by atoms with Crippen LogP contribution < -0.4 is 5.32 Å². The van der Waals surface area contributed by atoms with Gasteiger partial charge in [-0.25, -0.2) is 9.59 Å². The molecular weight excluding hydrogens is 304 g/mol. The summed E-state index contributed by atoms with van der Waals surface area (Å²) in [5.41, 5.74) is -1.42. The second-order valence-electron chi connectivity index (χ2n) is 6.28. The fourth-order valence-electron chi connectivity index (χ4n) is 3.08. The second-order valence-corrected chi connectivity index (χ2v) is 6.28. The van der Waals surface area contributed by atoms with Crippen LogP contribution in [-0.4, -0.2) is 64.9 Å². The predicted octanol–water partition coefficient (Wildman–Crippen LogP) is 1.15. The van der Waals surface area contributed by atoms with Crippen LogP contribution in [-0.2, 0) is 14.3 Å². The summed E-state index contributed by atoms with van der Waals surface area (Å²) < 4.78 is 4.75. The highest BCUT2D eigenvalue weighted by Gasteiger charge is 2.49. The van der Waals surface area contributed by atoms with Gasteiger partial charge in [-0.2, -0.15) is 0 Å². The molecule has 1 amide bonds. The standard InChI is InChI=1S/C15H26N2O6/c1-10(2)9-11(12(18)23-3)16-7-6-15(13(19)20)5-4-8-17(15)14(21)22/h10-11,16H,4-9H2,1-3H3,(H,19,20)(H,21,22)/t11-,15+/m1/s1. The number of likely N-dealkylation sites (tertiary alicyclic amines) is 1. The fraction of sp³-hybridized carbons (Fsp3) is 0.800. The third-order valence-electron chi connectivity index (χ3n) is 4.24. The Kier molecular flexibility index (Phi) is 6.80. The molecule has 0 bridgehead atoms. The van der Waals surface area contributed by atoms with Gasteiger partial charge in [-0.3, -0.25) is 9.69 Å². The minimum Gasteiger partial charge on any atom is -0.479 e. The highest BCUT2D eigenvalue weighted by atomic mass is 16.5. The van der Waals surface area contributed by atoms with E-state index in [1.54, 1.807) is 0 Å². The van der Waals surface area contributed by atoms with Crippen LogP contribution in [0.25, 0.3) is 0 Å². The minimum atomic E-state index is -1.42. The van der Waals surface area contributed by atoms with Crippen LogP contribution in [0.3, 0.4) is 0 Å². The first-order valence-electron chi connectivity index (χ1n) is 7.79. The van der Waals surface area contributed by atoms with E-state index in [-0.39, 0.29) is 31.8 Å². The Morgan fingerprint density at radius 2 is 1.96 bits per heavy atom. The van der Waals surface area contributed by atoms with E-state index in [1.165, 1.54) is 7.11 Å². The molecule has 8 nitrogen and oxygen atoms in total. The Morgan fingerprint density at radius 3 is 2.43 bits per heavy atom. The molecule has 8 heteroatoms. The number of ether oxygens (including phenoxy) is 1. The Bertz CT molecular complexity index is 453. The van der Waals surface area contributed by atoms with Gasteiger partial charge >= 0.3 is 18.0 Å². The van der Waals surface area contributed by atoms with Crippen LogP contribution in [0.15, 0.2) is 0 Å². The van der Waals surface area contributed by atoms with E-state index in [0.717, 1.165) is 4.90 Å². The zero-order chi connectivity index (χ0) is 17.6. The van der Waals surface area contributed by atoms with E-state index in [0.29, 0.717) is 12.8 Å². The number of carbonyl (C=O) groups is 3. The van der Waals surface area contributed by atoms with Gasteiger partial charge in [0, 0.05) is 6.54 Å². The van der Waals surface area contributed by atoms with Crippen molar-refractivity contribution in [2.75, 3.05) is 20.2 Å². The van der Waals surface area contributed by atoms with Crippen molar-refractivity contribution in [2.45, 2.75) is 51.1 Å². The number of carboxylic acids is 1. The van der Waals surface area contributed by atoms with Crippen molar-refractivity contribution in [1.82, 2.24) is 10.2 Å². The van der Waals surface area contributed by atoms with Crippen molar-refractivity contribution in [1.29, 1.82) is 0 Å². The van der Waals surface area contributed by atoms with Crippen LogP contribution in [0.2, 0.25) is 0 Å². The molecule has 1 aliphatic rings. The molecule has 0 spiro atoms. The Balaban J connectivity index is 2.73. The van der Waals surface area contributed by atoms with Gasteiger partial charge in [-0.15, -0.1) is 0 Å². The third kappa shape index (κ3) is 4.57.